The van der Waals surface area contributed by atoms with Gasteiger partial charge in [0.25, 0.3) is 0 Å². The van der Waals surface area contributed by atoms with Crippen LogP contribution < -0.4 is 10.5 Å². The number of nitrogens with two attached hydrogens (primary N) is 1. The van der Waals surface area contributed by atoms with E-state index in [1.807, 2.05) is 0 Å². The normalized spacial score (nSPS) is 11.2. The molecule has 0 saturated carbocycles. The minimum absolute atomic E-state index is 0.0152. The fourth-order valence-corrected chi connectivity index (χ4v) is 2.91. The van der Waals surface area contributed by atoms with E-state index in [1.165, 1.54) is 18.2 Å². The highest BCUT2D eigenvalue weighted by Crippen LogP contribution is 2.27. The maximum absolute atomic E-state index is 11.2. The SMILES string of the molecule is N#CCC(=O)Nc1nc2ccc(S(N)(=O)=O)cc2s1. The van der Waals surface area contributed by atoms with Gasteiger partial charge in [0, 0.05) is 0 Å². The molecule has 0 aliphatic rings. The van der Waals surface area contributed by atoms with Gasteiger partial charge in [0.15, 0.2) is 5.13 Å². The van der Waals surface area contributed by atoms with E-state index in [9.17, 15) is 13.2 Å². The van der Waals surface area contributed by atoms with Gasteiger partial charge in [0.05, 0.1) is 21.2 Å². The van der Waals surface area contributed by atoms with Crippen LogP contribution in [0, 0.1) is 11.3 Å². The first-order valence-corrected chi connectivity index (χ1v) is 7.36. The zero-order valence-electron chi connectivity index (χ0n) is 9.45. The zero-order valence-corrected chi connectivity index (χ0v) is 11.1. The molecule has 7 nitrogen and oxygen atoms in total. The van der Waals surface area contributed by atoms with Gasteiger partial charge in [-0.1, -0.05) is 11.3 Å². The largest absolute Gasteiger partial charge is 0.301 e. The van der Waals surface area contributed by atoms with Crippen LogP contribution in [0.3, 0.4) is 0 Å². The predicted molar refractivity (Wildman–Crippen MR) is 69.9 cm³/mol. The van der Waals surface area contributed by atoms with Crippen LogP contribution in [-0.2, 0) is 14.8 Å². The van der Waals surface area contributed by atoms with Gasteiger partial charge in [-0.2, -0.15) is 5.26 Å². The van der Waals surface area contributed by atoms with Gasteiger partial charge in [-0.25, -0.2) is 18.5 Å². The molecular formula is C10H8N4O3S2. The minimum Gasteiger partial charge on any atom is -0.301 e. The number of amides is 1. The summed E-state index contributed by atoms with van der Waals surface area (Å²) in [5, 5.41) is 16.2. The molecule has 0 unspecified atom stereocenters. The van der Waals surface area contributed by atoms with Crippen LogP contribution in [0.2, 0.25) is 0 Å². The second-order valence-corrected chi connectivity index (χ2v) is 6.17. The molecule has 0 bridgehead atoms. The van der Waals surface area contributed by atoms with E-state index in [-0.39, 0.29) is 11.3 Å². The van der Waals surface area contributed by atoms with Crippen LogP contribution in [0.25, 0.3) is 10.2 Å². The van der Waals surface area contributed by atoms with Crippen molar-refractivity contribution in [3.8, 4) is 6.07 Å². The molecule has 0 atom stereocenters. The molecule has 0 aliphatic heterocycles. The lowest BCUT2D eigenvalue weighted by Crippen LogP contribution is -2.11. The number of fused-ring (bicyclic) bond motifs is 1. The number of sulfonamides is 1. The summed E-state index contributed by atoms with van der Waals surface area (Å²) in [6, 6.07) is 5.96. The summed E-state index contributed by atoms with van der Waals surface area (Å²) >= 11 is 1.11. The van der Waals surface area contributed by atoms with Crippen LogP contribution in [0.15, 0.2) is 23.1 Å². The van der Waals surface area contributed by atoms with Gasteiger partial charge in [-0.15, -0.1) is 0 Å². The van der Waals surface area contributed by atoms with Gasteiger partial charge in [0.2, 0.25) is 15.9 Å². The summed E-state index contributed by atoms with van der Waals surface area (Å²) in [7, 11) is -3.77. The van der Waals surface area contributed by atoms with Crippen molar-refractivity contribution >= 4 is 42.6 Å². The van der Waals surface area contributed by atoms with E-state index in [1.54, 1.807) is 6.07 Å². The van der Waals surface area contributed by atoms with Gasteiger partial charge >= 0.3 is 0 Å². The van der Waals surface area contributed by atoms with E-state index >= 15 is 0 Å². The lowest BCUT2D eigenvalue weighted by molar-refractivity contribution is -0.115. The molecule has 3 N–H and O–H groups in total. The molecule has 1 amide bonds. The average Bonchev–Trinajstić information content (AvgIpc) is 2.68. The Morgan fingerprint density at radius 1 is 1.53 bits per heavy atom. The Bertz CT molecular complexity index is 789. The lowest BCUT2D eigenvalue weighted by Gasteiger charge is -1.95. The highest BCUT2D eigenvalue weighted by Gasteiger charge is 2.12. The summed E-state index contributed by atoms with van der Waals surface area (Å²) in [4.78, 5) is 15.3. The Kier molecular flexibility index (Phi) is 3.48. The molecule has 9 heteroatoms. The number of primary sulfonamides is 1. The van der Waals surface area contributed by atoms with Crippen LogP contribution in [0.4, 0.5) is 5.13 Å². The number of benzene rings is 1. The second kappa shape index (κ2) is 4.93. The highest BCUT2D eigenvalue weighted by molar-refractivity contribution is 7.89. The number of aromatic nitrogens is 1. The molecule has 2 aromatic rings. The molecule has 0 spiro atoms. The van der Waals surface area contributed by atoms with Crippen molar-refractivity contribution in [2.24, 2.45) is 5.14 Å². The number of carbonyl (C=O) groups excluding carboxylic acids is 1. The van der Waals surface area contributed by atoms with Gasteiger partial charge in [0.1, 0.15) is 6.42 Å². The Morgan fingerprint density at radius 3 is 2.89 bits per heavy atom. The standard InChI is InChI=1S/C10H8N4O3S2/c11-4-3-9(15)14-10-13-7-2-1-6(19(12,16)17)5-8(7)18-10/h1-2,5H,3H2,(H2,12,16,17)(H,13,14,15). The van der Waals surface area contributed by atoms with Crippen LogP contribution in [-0.4, -0.2) is 19.3 Å². The van der Waals surface area contributed by atoms with Crippen molar-refractivity contribution in [1.29, 1.82) is 5.26 Å². The summed E-state index contributed by atoms with van der Waals surface area (Å²) in [5.41, 5.74) is 0.546. The Hall–Kier alpha value is -2.02. The Balaban J connectivity index is 2.36. The third kappa shape index (κ3) is 3.05. The molecule has 0 radical (unpaired) electrons. The molecule has 1 heterocycles. The summed E-state index contributed by atoms with van der Waals surface area (Å²) in [6.07, 6.45) is -0.266. The number of nitriles is 1. The van der Waals surface area contributed by atoms with Crippen LogP contribution in [0.1, 0.15) is 6.42 Å². The molecule has 1 aromatic carbocycles. The summed E-state index contributed by atoms with van der Waals surface area (Å²) in [5.74, 6) is -0.465. The zero-order chi connectivity index (χ0) is 14.0. The molecule has 0 aliphatic carbocycles. The number of rotatable bonds is 3. The molecule has 1 aromatic heterocycles. The lowest BCUT2D eigenvalue weighted by atomic mass is 10.3. The van der Waals surface area contributed by atoms with E-state index in [0.717, 1.165) is 11.3 Å². The molecular weight excluding hydrogens is 288 g/mol. The molecule has 98 valence electrons. The van der Waals surface area contributed by atoms with E-state index in [2.05, 4.69) is 10.3 Å². The van der Waals surface area contributed by atoms with Crippen molar-refractivity contribution in [2.45, 2.75) is 11.3 Å². The van der Waals surface area contributed by atoms with Crippen molar-refractivity contribution in [1.82, 2.24) is 4.98 Å². The van der Waals surface area contributed by atoms with Gasteiger partial charge < -0.3 is 5.32 Å². The van der Waals surface area contributed by atoms with E-state index < -0.39 is 15.9 Å². The molecule has 19 heavy (non-hydrogen) atoms. The number of carbonyl (C=O) groups is 1. The first kappa shape index (κ1) is 13.4. The third-order valence-corrected chi connectivity index (χ3v) is 4.02. The molecule has 0 saturated heterocycles. The Morgan fingerprint density at radius 2 is 2.26 bits per heavy atom. The minimum atomic E-state index is -3.77. The fraction of sp³-hybridized carbons (Fsp3) is 0.100. The number of hydrogen-bond acceptors (Lipinski definition) is 6. The van der Waals surface area contributed by atoms with Crippen molar-refractivity contribution in [3.05, 3.63) is 18.2 Å². The number of thiazole rings is 1. The second-order valence-electron chi connectivity index (χ2n) is 3.58. The fourth-order valence-electron chi connectivity index (χ4n) is 1.37. The molecule has 0 fully saturated rings. The maximum Gasteiger partial charge on any atom is 0.240 e. The number of nitrogens with zero attached hydrogens (tertiary/aromatic N) is 2. The van der Waals surface area contributed by atoms with Gasteiger partial charge in [-0.05, 0) is 18.2 Å². The quantitative estimate of drug-likeness (QED) is 0.866. The smallest absolute Gasteiger partial charge is 0.240 e. The van der Waals surface area contributed by atoms with Crippen LogP contribution >= 0.6 is 11.3 Å². The monoisotopic (exact) mass is 296 g/mol. The first-order chi connectivity index (χ1) is 8.90. The van der Waals surface area contributed by atoms with Crippen molar-refractivity contribution < 1.29 is 13.2 Å². The summed E-state index contributed by atoms with van der Waals surface area (Å²) < 4.78 is 23.0. The van der Waals surface area contributed by atoms with Gasteiger partial charge in [-0.3, -0.25) is 4.79 Å². The first-order valence-electron chi connectivity index (χ1n) is 5.00. The van der Waals surface area contributed by atoms with Crippen molar-refractivity contribution in [3.63, 3.8) is 0 Å². The van der Waals surface area contributed by atoms with E-state index in [4.69, 9.17) is 10.4 Å². The summed E-state index contributed by atoms with van der Waals surface area (Å²) in [6.45, 7) is 0. The highest BCUT2D eigenvalue weighted by atomic mass is 32.2. The number of hydrogen-bond donors (Lipinski definition) is 2. The topological polar surface area (TPSA) is 126 Å². The molecule has 2 rings (SSSR count). The predicted octanol–water partition coefficient (Wildman–Crippen LogP) is 0.796. The van der Waals surface area contributed by atoms with Crippen LogP contribution in [0.5, 0.6) is 0 Å². The number of nitrogens with one attached hydrogen (secondary N) is 1. The average molecular weight is 296 g/mol. The van der Waals surface area contributed by atoms with E-state index in [0.29, 0.717) is 15.3 Å². The maximum atomic E-state index is 11.2. The third-order valence-electron chi connectivity index (χ3n) is 2.17. The van der Waals surface area contributed by atoms with Crippen molar-refractivity contribution in [2.75, 3.05) is 5.32 Å². The Labute approximate surface area is 112 Å². The number of anilines is 1.